The third-order valence-corrected chi connectivity index (χ3v) is 2.28. The van der Waals surface area contributed by atoms with Crippen LogP contribution < -0.4 is 11.5 Å². The van der Waals surface area contributed by atoms with Gasteiger partial charge < -0.3 is 11.5 Å². The molecule has 0 aliphatic carbocycles. The highest BCUT2D eigenvalue weighted by Crippen LogP contribution is 2.23. The molecule has 0 saturated carbocycles. The lowest BCUT2D eigenvalue weighted by atomic mass is 10.0. The number of fused-ring (bicyclic) bond motifs is 1. The van der Waals surface area contributed by atoms with Gasteiger partial charge in [0, 0.05) is 16.6 Å². The maximum absolute atomic E-state index is 5.88. The maximum atomic E-state index is 5.88. The van der Waals surface area contributed by atoms with Crippen LogP contribution in [0, 0.1) is 11.8 Å². The minimum absolute atomic E-state index is 0.374. The van der Waals surface area contributed by atoms with Crippen LogP contribution in [0.1, 0.15) is 5.56 Å². The predicted molar refractivity (Wildman–Crippen MR) is 64.3 cm³/mol. The Kier molecular flexibility index (Phi) is 2.57. The highest BCUT2D eigenvalue weighted by molar-refractivity contribution is 5.96. The molecule has 0 amide bonds. The average Bonchev–Trinajstić information content (AvgIpc) is 2.27. The van der Waals surface area contributed by atoms with Crippen molar-refractivity contribution in [3.8, 4) is 11.8 Å². The van der Waals surface area contributed by atoms with E-state index in [0.717, 1.165) is 22.0 Å². The smallest absolute Gasteiger partial charge is 0.0555 e. The minimum atomic E-state index is 0.374. The molecule has 0 saturated heterocycles. The van der Waals surface area contributed by atoms with Gasteiger partial charge >= 0.3 is 0 Å². The van der Waals surface area contributed by atoms with Gasteiger partial charge in [-0.3, -0.25) is 0 Å². The van der Waals surface area contributed by atoms with Crippen molar-refractivity contribution in [1.82, 2.24) is 0 Å². The molecular weight excluding hydrogens is 184 g/mol. The number of hydrogen-bond donors (Lipinski definition) is 2. The number of anilines is 1. The Bertz CT molecular complexity index is 547. The second kappa shape index (κ2) is 4.04. The van der Waals surface area contributed by atoms with Crippen LogP contribution in [0.15, 0.2) is 36.4 Å². The fraction of sp³-hybridized carbons (Fsp3) is 0.0769. The number of rotatable bonds is 0. The summed E-state index contributed by atoms with van der Waals surface area (Å²) in [6.45, 7) is 0.374. The molecule has 2 aromatic carbocycles. The van der Waals surface area contributed by atoms with Crippen molar-refractivity contribution in [2.45, 2.75) is 0 Å². The van der Waals surface area contributed by atoms with Gasteiger partial charge in [-0.2, -0.15) is 0 Å². The molecule has 0 aromatic heterocycles. The van der Waals surface area contributed by atoms with Crippen molar-refractivity contribution in [2.24, 2.45) is 5.73 Å². The van der Waals surface area contributed by atoms with Gasteiger partial charge in [-0.05, 0) is 17.5 Å². The van der Waals surface area contributed by atoms with E-state index in [0.29, 0.717) is 6.54 Å². The van der Waals surface area contributed by atoms with Gasteiger partial charge in [0.1, 0.15) is 0 Å². The molecule has 2 nitrogen and oxygen atoms in total. The average molecular weight is 196 g/mol. The molecule has 0 bridgehead atoms. The predicted octanol–water partition coefficient (Wildman–Crippen LogP) is 1.73. The first-order chi connectivity index (χ1) is 7.33. The molecular formula is C13H12N2. The summed E-state index contributed by atoms with van der Waals surface area (Å²) in [5.74, 6) is 5.90. The van der Waals surface area contributed by atoms with Gasteiger partial charge in [-0.15, -0.1) is 0 Å². The summed E-state index contributed by atoms with van der Waals surface area (Å²) >= 11 is 0. The van der Waals surface area contributed by atoms with Crippen molar-refractivity contribution >= 4 is 16.5 Å². The SMILES string of the molecule is NCC#Cc1cccc2c(N)cccc12. The van der Waals surface area contributed by atoms with Crippen LogP contribution in [0.5, 0.6) is 0 Å². The van der Waals surface area contributed by atoms with Crippen molar-refractivity contribution in [2.75, 3.05) is 12.3 Å². The normalized spacial score (nSPS) is 9.67. The first kappa shape index (κ1) is 9.57. The van der Waals surface area contributed by atoms with E-state index in [9.17, 15) is 0 Å². The van der Waals surface area contributed by atoms with Crippen molar-refractivity contribution < 1.29 is 0 Å². The summed E-state index contributed by atoms with van der Waals surface area (Å²) in [5.41, 5.74) is 13.0. The lowest BCUT2D eigenvalue weighted by molar-refractivity contribution is 1.30. The van der Waals surface area contributed by atoms with Crippen molar-refractivity contribution in [1.29, 1.82) is 0 Å². The van der Waals surface area contributed by atoms with Crippen LogP contribution in [0.4, 0.5) is 5.69 Å². The molecule has 2 rings (SSSR count). The van der Waals surface area contributed by atoms with Gasteiger partial charge in [-0.25, -0.2) is 0 Å². The Morgan fingerprint density at radius 1 is 1.00 bits per heavy atom. The Morgan fingerprint density at radius 2 is 1.73 bits per heavy atom. The fourth-order valence-electron chi connectivity index (χ4n) is 1.59. The van der Waals surface area contributed by atoms with Crippen LogP contribution in [-0.4, -0.2) is 6.54 Å². The molecule has 15 heavy (non-hydrogen) atoms. The summed E-state index contributed by atoms with van der Waals surface area (Å²) < 4.78 is 0. The molecule has 0 spiro atoms. The van der Waals surface area contributed by atoms with Gasteiger partial charge in [0.2, 0.25) is 0 Å². The molecule has 0 radical (unpaired) electrons. The van der Waals surface area contributed by atoms with Gasteiger partial charge in [0.15, 0.2) is 0 Å². The summed E-state index contributed by atoms with van der Waals surface area (Å²) in [6.07, 6.45) is 0. The summed E-state index contributed by atoms with van der Waals surface area (Å²) in [7, 11) is 0. The maximum Gasteiger partial charge on any atom is 0.0555 e. The monoisotopic (exact) mass is 196 g/mol. The van der Waals surface area contributed by atoms with E-state index >= 15 is 0 Å². The first-order valence-corrected chi connectivity index (χ1v) is 4.79. The zero-order chi connectivity index (χ0) is 10.7. The third-order valence-electron chi connectivity index (χ3n) is 2.28. The number of hydrogen-bond acceptors (Lipinski definition) is 2. The topological polar surface area (TPSA) is 52.0 Å². The lowest BCUT2D eigenvalue weighted by Gasteiger charge is -2.03. The molecule has 0 aliphatic heterocycles. The second-order valence-electron chi connectivity index (χ2n) is 3.25. The highest BCUT2D eigenvalue weighted by Gasteiger charge is 1.99. The quantitative estimate of drug-likeness (QED) is 0.498. The summed E-state index contributed by atoms with van der Waals surface area (Å²) in [6, 6.07) is 11.8. The Labute approximate surface area is 88.9 Å². The largest absolute Gasteiger partial charge is 0.398 e. The Morgan fingerprint density at radius 3 is 2.53 bits per heavy atom. The van der Waals surface area contributed by atoms with Crippen LogP contribution in [0.25, 0.3) is 10.8 Å². The van der Waals surface area contributed by atoms with E-state index in [4.69, 9.17) is 11.5 Å². The molecule has 0 atom stereocenters. The van der Waals surface area contributed by atoms with E-state index in [1.54, 1.807) is 0 Å². The van der Waals surface area contributed by atoms with Gasteiger partial charge in [-0.1, -0.05) is 36.1 Å². The molecule has 0 fully saturated rings. The van der Waals surface area contributed by atoms with E-state index in [1.807, 2.05) is 36.4 Å². The second-order valence-corrected chi connectivity index (χ2v) is 3.25. The molecule has 74 valence electrons. The molecule has 0 unspecified atom stereocenters. The molecule has 2 aromatic rings. The molecule has 0 heterocycles. The fourth-order valence-corrected chi connectivity index (χ4v) is 1.59. The highest BCUT2D eigenvalue weighted by atomic mass is 14.5. The minimum Gasteiger partial charge on any atom is -0.398 e. The van der Waals surface area contributed by atoms with Crippen molar-refractivity contribution in [3.05, 3.63) is 42.0 Å². The molecule has 4 N–H and O–H groups in total. The molecule has 0 aliphatic rings. The summed E-state index contributed by atoms with van der Waals surface area (Å²) in [4.78, 5) is 0. The van der Waals surface area contributed by atoms with Gasteiger partial charge in [0.05, 0.1) is 6.54 Å². The third kappa shape index (κ3) is 1.78. The van der Waals surface area contributed by atoms with Crippen LogP contribution in [0.2, 0.25) is 0 Å². The standard InChI is InChI=1S/C13H12N2/c14-9-3-5-10-4-1-7-12-11(10)6-2-8-13(12)15/h1-2,4,6-8H,9,14-15H2. The number of nitrogen functional groups attached to an aromatic ring is 1. The zero-order valence-corrected chi connectivity index (χ0v) is 8.33. The zero-order valence-electron chi connectivity index (χ0n) is 8.33. The summed E-state index contributed by atoms with van der Waals surface area (Å²) in [5, 5.41) is 2.12. The van der Waals surface area contributed by atoms with Gasteiger partial charge in [0.25, 0.3) is 0 Å². The van der Waals surface area contributed by atoms with E-state index in [1.165, 1.54) is 0 Å². The lowest BCUT2D eigenvalue weighted by Crippen LogP contribution is -1.93. The first-order valence-electron chi connectivity index (χ1n) is 4.79. The van der Waals surface area contributed by atoms with Crippen LogP contribution in [-0.2, 0) is 0 Å². The van der Waals surface area contributed by atoms with Crippen LogP contribution >= 0.6 is 0 Å². The Balaban J connectivity index is 2.71. The Hall–Kier alpha value is -1.98. The van der Waals surface area contributed by atoms with E-state index < -0.39 is 0 Å². The van der Waals surface area contributed by atoms with Crippen LogP contribution in [0.3, 0.4) is 0 Å². The number of nitrogens with two attached hydrogens (primary N) is 2. The van der Waals surface area contributed by atoms with E-state index in [2.05, 4.69) is 11.8 Å². The molecule has 2 heteroatoms. The van der Waals surface area contributed by atoms with E-state index in [-0.39, 0.29) is 0 Å². The number of benzene rings is 2. The van der Waals surface area contributed by atoms with Crippen molar-refractivity contribution in [3.63, 3.8) is 0 Å².